The Hall–Kier alpha value is -2.95. The molecule has 0 amide bonds. The van der Waals surface area contributed by atoms with Gasteiger partial charge in [-0.2, -0.15) is 4.98 Å². The molecule has 0 spiro atoms. The van der Waals surface area contributed by atoms with Gasteiger partial charge in [0.1, 0.15) is 11.6 Å². The van der Waals surface area contributed by atoms with Crippen molar-refractivity contribution in [1.82, 2.24) is 9.97 Å². The van der Waals surface area contributed by atoms with Gasteiger partial charge in [-0.3, -0.25) is 0 Å². The van der Waals surface area contributed by atoms with Crippen molar-refractivity contribution in [3.8, 4) is 0 Å². The third kappa shape index (κ3) is 4.12. The number of nitrogens with one attached hydrogen (secondary N) is 1. The molecule has 2 aromatic carbocycles. The van der Waals surface area contributed by atoms with E-state index in [1.807, 2.05) is 23.1 Å². The summed E-state index contributed by atoms with van der Waals surface area (Å²) in [7, 11) is 0. The first kappa shape index (κ1) is 16.9. The van der Waals surface area contributed by atoms with Gasteiger partial charge in [0, 0.05) is 30.5 Å². The molecule has 1 aromatic heterocycles. The van der Waals surface area contributed by atoms with Crippen LogP contribution in [-0.2, 0) is 6.54 Å². The molecule has 0 bridgehead atoms. The number of nitrogens with zero attached hydrogens (tertiary/aromatic N) is 3. The van der Waals surface area contributed by atoms with Gasteiger partial charge in [0.05, 0.1) is 0 Å². The second-order valence-corrected chi connectivity index (χ2v) is 5.77. The lowest BCUT2D eigenvalue weighted by molar-refractivity contribution is 0.613. The number of aryl methyl sites for hydroxylation is 1. The summed E-state index contributed by atoms with van der Waals surface area (Å²) in [4.78, 5) is 11.0. The molecule has 0 aliphatic carbocycles. The van der Waals surface area contributed by atoms with E-state index in [0.29, 0.717) is 23.9 Å². The topological polar surface area (TPSA) is 41.1 Å². The maximum Gasteiger partial charge on any atom is 0.231 e. The highest BCUT2D eigenvalue weighted by molar-refractivity contribution is 5.59. The van der Waals surface area contributed by atoms with E-state index in [0.717, 1.165) is 12.2 Å². The summed E-state index contributed by atoms with van der Waals surface area (Å²) in [6.07, 6.45) is 1.71. The van der Waals surface area contributed by atoms with Crippen LogP contribution in [0.2, 0.25) is 0 Å². The quantitative estimate of drug-likeness (QED) is 0.709. The van der Waals surface area contributed by atoms with E-state index < -0.39 is 0 Å². The van der Waals surface area contributed by atoms with Gasteiger partial charge in [0.15, 0.2) is 0 Å². The molecule has 0 fully saturated rings. The van der Waals surface area contributed by atoms with Crippen molar-refractivity contribution in [3.63, 3.8) is 0 Å². The van der Waals surface area contributed by atoms with Crippen LogP contribution in [0.15, 0.2) is 60.8 Å². The van der Waals surface area contributed by atoms with Crippen molar-refractivity contribution in [2.75, 3.05) is 16.8 Å². The lowest BCUT2D eigenvalue weighted by Crippen LogP contribution is -2.19. The lowest BCUT2D eigenvalue weighted by Gasteiger charge is -2.21. The number of rotatable bonds is 6. The van der Waals surface area contributed by atoms with Gasteiger partial charge in [-0.1, -0.05) is 30.3 Å². The van der Waals surface area contributed by atoms with Crippen molar-refractivity contribution in [3.05, 3.63) is 77.7 Å². The van der Waals surface area contributed by atoms with Gasteiger partial charge < -0.3 is 10.2 Å². The third-order valence-electron chi connectivity index (χ3n) is 3.93. The molecule has 3 aromatic rings. The summed E-state index contributed by atoms with van der Waals surface area (Å²) >= 11 is 0. The molecule has 0 radical (unpaired) electrons. The number of halogens is 1. The molecular weight excluding hydrogens is 315 g/mol. The predicted octanol–water partition coefficient (Wildman–Crippen LogP) is 4.69. The summed E-state index contributed by atoms with van der Waals surface area (Å²) in [6, 6.07) is 16.7. The molecule has 4 nitrogen and oxygen atoms in total. The van der Waals surface area contributed by atoms with Crippen LogP contribution in [0.3, 0.4) is 0 Å². The average molecular weight is 336 g/mol. The lowest BCUT2D eigenvalue weighted by atomic mass is 10.2. The van der Waals surface area contributed by atoms with E-state index in [2.05, 4.69) is 41.3 Å². The molecule has 0 aliphatic heterocycles. The third-order valence-corrected chi connectivity index (χ3v) is 3.93. The molecule has 25 heavy (non-hydrogen) atoms. The molecule has 0 atom stereocenters. The molecule has 0 unspecified atom stereocenters. The monoisotopic (exact) mass is 336 g/mol. The van der Waals surface area contributed by atoms with Gasteiger partial charge in [-0.15, -0.1) is 0 Å². The van der Waals surface area contributed by atoms with Crippen molar-refractivity contribution in [2.45, 2.75) is 20.4 Å². The first-order chi connectivity index (χ1) is 12.2. The maximum atomic E-state index is 13.7. The van der Waals surface area contributed by atoms with Gasteiger partial charge >= 0.3 is 0 Å². The zero-order valence-electron chi connectivity index (χ0n) is 14.4. The van der Waals surface area contributed by atoms with Crippen LogP contribution in [0.5, 0.6) is 0 Å². The average Bonchev–Trinajstić information content (AvgIpc) is 2.62. The van der Waals surface area contributed by atoms with E-state index in [9.17, 15) is 4.39 Å². The Balaban J connectivity index is 1.79. The van der Waals surface area contributed by atoms with E-state index >= 15 is 0 Å². The fourth-order valence-corrected chi connectivity index (χ4v) is 2.64. The van der Waals surface area contributed by atoms with Gasteiger partial charge in [0.2, 0.25) is 5.95 Å². The van der Waals surface area contributed by atoms with E-state index in [4.69, 9.17) is 0 Å². The van der Waals surface area contributed by atoms with Gasteiger partial charge in [0.25, 0.3) is 0 Å². The van der Waals surface area contributed by atoms with Crippen LogP contribution in [0.1, 0.15) is 18.1 Å². The Morgan fingerprint density at radius 1 is 1.08 bits per heavy atom. The Bertz CT molecular complexity index is 850. The molecule has 5 heteroatoms. The molecule has 0 saturated heterocycles. The van der Waals surface area contributed by atoms with Gasteiger partial charge in [-0.25, -0.2) is 9.37 Å². The van der Waals surface area contributed by atoms with Crippen molar-refractivity contribution < 1.29 is 4.39 Å². The molecule has 3 rings (SSSR count). The van der Waals surface area contributed by atoms with Crippen LogP contribution in [-0.4, -0.2) is 16.5 Å². The summed E-state index contributed by atoms with van der Waals surface area (Å²) in [6.45, 7) is 5.25. The van der Waals surface area contributed by atoms with Crippen LogP contribution in [0.4, 0.5) is 21.8 Å². The van der Waals surface area contributed by atoms with E-state index in [1.165, 1.54) is 11.6 Å². The smallest absolute Gasteiger partial charge is 0.231 e. The second-order valence-electron chi connectivity index (χ2n) is 5.77. The molecule has 1 N–H and O–H groups in total. The highest BCUT2D eigenvalue weighted by Gasteiger charge is 2.11. The van der Waals surface area contributed by atoms with Crippen LogP contribution >= 0.6 is 0 Å². The Kier molecular flexibility index (Phi) is 5.23. The first-order valence-electron chi connectivity index (χ1n) is 8.32. The number of benzene rings is 2. The summed E-state index contributed by atoms with van der Waals surface area (Å²) < 4.78 is 13.7. The summed E-state index contributed by atoms with van der Waals surface area (Å²) in [5.41, 5.74) is 2.84. The molecule has 1 heterocycles. The number of hydrogen-bond acceptors (Lipinski definition) is 4. The largest absolute Gasteiger partial charge is 0.366 e. The highest BCUT2D eigenvalue weighted by atomic mass is 19.1. The second kappa shape index (κ2) is 7.75. The van der Waals surface area contributed by atoms with Crippen LogP contribution in [0, 0.1) is 12.7 Å². The Labute approximate surface area is 147 Å². The predicted molar refractivity (Wildman–Crippen MR) is 99.6 cm³/mol. The van der Waals surface area contributed by atoms with Crippen molar-refractivity contribution in [1.29, 1.82) is 0 Å². The zero-order valence-corrected chi connectivity index (χ0v) is 14.4. The molecule has 0 aliphatic rings. The normalized spacial score (nSPS) is 10.5. The highest BCUT2D eigenvalue weighted by Crippen LogP contribution is 2.23. The molecule has 128 valence electrons. The maximum absolute atomic E-state index is 13.7. The Morgan fingerprint density at radius 3 is 2.68 bits per heavy atom. The van der Waals surface area contributed by atoms with Gasteiger partial charge in [-0.05, 0) is 43.7 Å². The fraction of sp³-hybridized carbons (Fsp3) is 0.200. The Morgan fingerprint density at radius 2 is 1.92 bits per heavy atom. The minimum absolute atomic E-state index is 0.223. The molecular formula is C20H21FN4. The summed E-state index contributed by atoms with van der Waals surface area (Å²) in [5, 5.41) is 3.17. The minimum Gasteiger partial charge on any atom is -0.366 e. The van der Waals surface area contributed by atoms with E-state index in [-0.39, 0.29) is 5.82 Å². The fourth-order valence-electron chi connectivity index (χ4n) is 2.64. The summed E-state index contributed by atoms with van der Waals surface area (Å²) in [5.74, 6) is 1.06. The number of hydrogen-bond donors (Lipinski definition) is 1. The van der Waals surface area contributed by atoms with Crippen LogP contribution < -0.4 is 10.2 Å². The zero-order chi connectivity index (χ0) is 17.6. The van der Waals surface area contributed by atoms with Crippen molar-refractivity contribution >= 4 is 17.5 Å². The molecule has 0 saturated carbocycles. The minimum atomic E-state index is -0.223. The van der Waals surface area contributed by atoms with Crippen molar-refractivity contribution in [2.24, 2.45) is 0 Å². The SMILES string of the molecule is CCN(c1cccc(C)c1)c1nccc(NCc2ccccc2F)n1. The van der Waals surface area contributed by atoms with Crippen LogP contribution in [0.25, 0.3) is 0 Å². The number of anilines is 3. The number of aromatic nitrogens is 2. The first-order valence-corrected chi connectivity index (χ1v) is 8.32. The van der Waals surface area contributed by atoms with E-state index in [1.54, 1.807) is 24.4 Å². The standard InChI is InChI=1S/C20H21FN4/c1-3-25(17-9-6-7-15(2)13-17)20-22-12-11-19(24-20)23-14-16-8-4-5-10-18(16)21/h4-13H,3,14H2,1-2H3,(H,22,23,24).